The molecule has 48 heavy (non-hydrogen) atoms. The summed E-state index contributed by atoms with van der Waals surface area (Å²) in [6.45, 7) is 5.97. The first-order chi connectivity index (χ1) is 23.1. The molecule has 1 saturated heterocycles. The van der Waals surface area contributed by atoms with Crippen LogP contribution in [0.25, 0.3) is 21.9 Å². The van der Waals surface area contributed by atoms with E-state index in [1.807, 2.05) is 6.07 Å². The Labute approximate surface area is 290 Å². The van der Waals surface area contributed by atoms with Gasteiger partial charge in [-0.15, -0.1) is 0 Å². The van der Waals surface area contributed by atoms with Crippen molar-refractivity contribution >= 4 is 61.2 Å². The maximum absolute atomic E-state index is 13.8. The Bertz CT molecular complexity index is 1650. The van der Waals surface area contributed by atoms with Crippen LogP contribution in [-0.2, 0) is 19.6 Å². The average molecular weight is 700 g/mol. The molecule has 264 valence electrons. The van der Waals surface area contributed by atoms with Crippen molar-refractivity contribution in [1.29, 1.82) is 0 Å². The Morgan fingerprint density at radius 1 is 0.917 bits per heavy atom. The molecule has 3 N–H and O–H groups in total. The molecule has 2 amide bonds. The van der Waals surface area contributed by atoms with E-state index in [1.165, 1.54) is 79.9 Å². The third-order valence-corrected chi connectivity index (χ3v) is 12.3. The highest BCUT2D eigenvalue weighted by Gasteiger charge is 2.48. The van der Waals surface area contributed by atoms with Crippen LogP contribution in [0.3, 0.4) is 0 Å². The van der Waals surface area contributed by atoms with Gasteiger partial charge in [-0.2, -0.15) is 16.1 Å². The molecule has 1 fully saturated rings. The minimum Gasteiger partial charge on any atom is -0.456 e. The van der Waals surface area contributed by atoms with Crippen LogP contribution in [0.1, 0.15) is 111 Å². The van der Waals surface area contributed by atoms with Crippen molar-refractivity contribution in [3.63, 3.8) is 0 Å². The first kappa shape index (κ1) is 38.0. The first-order valence-corrected chi connectivity index (χ1v) is 20.0. The molecule has 1 unspecified atom stereocenters. The fourth-order valence-corrected chi connectivity index (χ4v) is 9.56. The van der Waals surface area contributed by atoms with Crippen LogP contribution in [0.4, 0.5) is 5.69 Å². The van der Waals surface area contributed by atoms with Crippen molar-refractivity contribution < 1.29 is 27.6 Å². The van der Waals surface area contributed by atoms with Crippen molar-refractivity contribution in [3.8, 4) is 0 Å². The normalized spacial score (nSPS) is 17.0. The lowest BCUT2D eigenvalue weighted by atomic mass is 10.0. The van der Waals surface area contributed by atoms with Gasteiger partial charge in [-0.1, -0.05) is 70.4 Å². The van der Waals surface area contributed by atoms with Crippen molar-refractivity contribution in [2.75, 3.05) is 17.6 Å². The molecule has 1 aromatic heterocycles. The van der Waals surface area contributed by atoms with Crippen LogP contribution in [0, 0.1) is 0 Å². The van der Waals surface area contributed by atoms with Gasteiger partial charge in [-0.05, 0) is 76.3 Å². The Kier molecular flexibility index (Phi) is 14.4. The van der Waals surface area contributed by atoms with Crippen molar-refractivity contribution in [2.45, 2.75) is 126 Å². The molecule has 1 atom stereocenters. The van der Waals surface area contributed by atoms with Crippen molar-refractivity contribution in [1.82, 2.24) is 9.79 Å². The summed E-state index contributed by atoms with van der Waals surface area (Å²) in [5.41, 5.74) is 3.31. The highest BCUT2D eigenvalue weighted by atomic mass is 32.2. The minimum absolute atomic E-state index is 0.0356. The second-order valence-electron chi connectivity index (χ2n) is 13.3. The summed E-state index contributed by atoms with van der Waals surface area (Å²) in [7, 11) is -4.08. The molecule has 0 bridgehead atoms. The molecule has 0 aliphatic carbocycles. The van der Waals surface area contributed by atoms with E-state index in [0.717, 1.165) is 31.1 Å². The lowest BCUT2D eigenvalue weighted by molar-refractivity contribution is -0.134. The zero-order valence-electron chi connectivity index (χ0n) is 28.8. The Balaban J connectivity index is 1.25. The SMILES string of the molecule is CCCCCCCCC=CCCCCCCCC(=O)Nc1ccc2c(c1)oc1ccc(S(=O)(=O)N3CCSC(C)(C)C3C(=O)NO)cc12. The minimum atomic E-state index is -4.08. The van der Waals surface area contributed by atoms with E-state index in [2.05, 4.69) is 24.4 Å². The van der Waals surface area contributed by atoms with Gasteiger partial charge in [0.25, 0.3) is 5.91 Å². The Hall–Kier alpha value is -2.86. The summed E-state index contributed by atoms with van der Waals surface area (Å²) in [5.74, 6) is -0.289. The number of carbonyl (C=O) groups excluding carboxylic acids is 2. The molecule has 2 heterocycles. The number of amides is 2. The predicted octanol–water partition coefficient (Wildman–Crippen LogP) is 8.95. The summed E-state index contributed by atoms with van der Waals surface area (Å²) in [6, 6.07) is 8.93. The molecular weight excluding hydrogens is 647 g/mol. The van der Waals surface area contributed by atoms with E-state index < -0.39 is 26.7 Å². The van der Waals surface area contributed by atoms with E-state index in [1.54, 1.807) is 43.6 Å². The number of sulfonamides is 1. The predicted molar refractivity (Wildman–Crippen MR) is 196 cm³/mol. The number of furan rings is 1. The van der Waals surface area contributed by atoms with E-state index in [9.17, 15) is 23.2 Å². The van der Waals surface area contributed by atoms with Gasteiger partial charge in [-0.25, -0.2) is 13.9 Å². The van der Waals surface area contributed by atoms with Gasteiger partial charge in [0.2, 0.25) is 15.9 Å². The lowest BCUT2D eigenvalue weighted by Crippen LogP contribution is -2.61. The Morgan fingerprint density at radius 2 is 1.58 bits per heavy atom. The van der Waals surface area contributed by atoms with E-state index in [4.69, 9.17) is 4.42 Å². The fraction of sp³-hybridized carbons (Fsp3) is 0.568. The second kappa shape index (κ2) is 18.2. The van der Waals surface area contributed by atoms with Crippen LogP contribution >= 0.6 is 11.8 Å². The maximum atomic E-state index is 13.8. The number of allylic oxidation sites excluding steroid dienone is 2. The Morgan fingerprint density at radius 3 is 2.27 bits per heavy atom. The zero-order chi connectivity index (χ0) is 34.6. The van der Waals surface area contributed by atoms with Gasteiger partial charge in [-0.3, -0.25) is 14.8 Å². The molecule has 0 saturated carbocycles. The number of anilines is 1. The van der Waals surface area contributed by atoms with Gasteiger partial charge in [0.15, 0.2) is 0 Å². The smallest absolute Gasteiger partial charge is 0.263 e. The van der Waals surface area contributed by atoms with Gasteiger partial charge in [0, 0.05) is 46.0 Å². The third-order valence-electron chi connectivity index (χ3n) is 9.09. The highest BCUT2D eigenvalue weighted by molar-refractivity contribution is 8.01. The van der Waals surface area contributed by atoms with Crippen LogP contribution in [0.5, 0.6) is 0 Å². The summed E-state index contributed by atoms with van der Waals surface area (Å²) in [6.07, 6.45) is 20.9. The van der Waals surface area contributed by atoms with Crippen LogP contribution < -0.4 is 10.8 Å². The molecule has 11 heteroatoms. The number of nitrogens with one attached hydrogen (secondary N) is 2. The van der Waals surface area contributed by atoms with Crippen molar-refractivity contribution in [3.05, 3.63) is 48.6 Å². The van der Waals surface area contributed by atoms with Gasteiger partial charge >= 0.3 is 0 Å². The molecule has 1 aliphatic heterocycles. The molecule has 0 radical (unpaired) electrons. The molecule has 9 nitrogen and oxygen atoms in total. The molecule has 4 rings (SSSR count). The summed E-state index contributed by atoms with van der Waals surface area (Å²) in [5, 5.41) is 13.6. The monoisotopic (exact) mass is 699 g/mol. The number of rotatable bonds is 19. The number of thioether (sulfide) groups is 1. The highest BCUT2D eigenvalue weighted by Crippen LogP contribution is 2.39. The van der Waals surface area contributed by atoms with Gasteiger partial charge in [0.05, 0.1) is 4.90 Å². The zero-order valence-corrected chi connectivity index (χ0v) is 30.4. The number of carbonyl (C=O) groups is 2. The first-order valence-electron chi connectivity index (χ1n) is 17.6. The second-order valence-corrected chi connectivity index (χ2v) is 16.9. The van der Waals surface area contributed by atoms with Crippen molar-refractivity contribution in [2.24, 2.45) is 0 Å². The lowest BCUT2D eigenvalue weighted by Gasteiger charge is -2.43. The third kappa shape index (κ3) is 10.1. The average Bonchev–Trinajstić information content (AvgIpc) is 3.42. The number of hydrogen-bond donors (Lipinski definition) is 3. The van der Waals surface area contributed by atoms with Gasteiger partial charge in [0.1, 0.15) is 17.2 Å². The standard InChI is InChI=1S/C37H53N3O6S2/c1-4-5-6-7-8-9-10-11-12-13-14-15-16-17-18-19-34(41)38-28-20-22-30-31-27-29(21-23-32(31)46-33(30)26-28)48(44,45)40-24-25-47-37(2,3)35(40)36(42)39-43/h11-12,20-23,26-27,35,43H,4-10,13-19,24-25H2,1-3H3,(H,38,41)(H,39,42). The number of fused-ring (bicyclic) bond motifs is 3. The number of benzene rings is 2. The van der Waals surface area contributed by atoms with Crippen LogP contribution in [0.2, 0.25) is 0 Å². The molecule has 3 aromatic rings. The molecule has 1 aliphatic rings. The number of unbranched alkanes of at least 4 members (excludes halogenated alkanes) is 11. The number of hydrogen-bond acceptors (Lipinski definition) is 7. The molecule has 0 spiro atoms. The van der Waals surface area contributed by atoms with Crippen LogP contribution in [-0.4, -0.2) is 52.8 Å². The fourth-order valence-electron chi connectivity index (χ4n) is 6.43. The number of hydroxylamine groups is 1. The van der Waals surface area contributed by atoms with E-state index in [0.29, 0.717) is 34.4 Å². The molecular formula is C37H53N3O6S2. The van der Waals surface area contributed by atoms with Crippen LogP contribution in [0.15, 0.2) is 57.9 Å². The van der Waals surface area contributed by atoms with E-state index in [-0.39, 0.29) is 17.3 Å². The quantitative estimate of drug-likeness (QED) is 0.0493. The maximum Gasteiger partial charge on any atom is 0.263 e. The summed E-state index contributed by atoms with van der Waals surface area (Å²) in [4.78, 5) is 25.2. The summed E-state index contributed by atoms with van der Waals surface area (Å²) < 4.78 is 34.1. The molecule has 2 aromatic carbocycles. The summed E-state index contributed by atoms with van der Waals surface area (Å²) >= 11 is 1.49. The topological polar surface area (TPSA) is 129 Å². The van der Waals surface area contributed by atoms with E-state index >= 15 is 0 Å². The number of nitrogens with zero attached hydrogens (tertiary/aromatic N) is 1. The largest absolute Gasteiger partial charge is 0.456 e. The van der Waals surface area contributed by atoms with Gasteiger partial charge < -0.3 is 9.73 Å².